The number of hydrogen-bond donors (Lipinski definition) is 4. The number of nitrogens with zero attached hydrogens (tertiary/aromatic N) is 2. The molecule has 0 bridgehead atoms. The van der Waals surface area contributed by atoms with Gasteiger partial charge in [0.15, 0.2) is 0 Å². The molecule has 2 aromatic rings. The minimum atomic E-state index is -0.390. The molecule has 5 N–H and O–H groups in total. The Morgan fingerprint density at radius 1 is 1.50 bits per heavy atom. The largest absolute Gasteiger partial charge is 0.358 e. The van der Waals surface area contributed by atoms with Crippen LogP contribution in [0.3, 0.4) is 0 Å². The summed E-state index contributed by atoms with van der Waals surface area (Å²) in [6.07, 6.45) is 0. The summed E-state index contributed by atoms with van der Waals surface area (Å²) in [5.74, 6) is 6.11. The van der Waals surface area contributed by atoms with Crippen LogP contribution in [0.2, 0.25) is 0 Å². The van der Waals surface area contributed by atoms with E-state index in [2.05, 4.69) is 26.0 Å². The van der Waals surface area contributed by atoms with Gasteiger partial charge in [-0.2, -0.15) is 4.98 Å². The Kier molecular flexibility index (Phi) is 3.58. The highest BCUT2D eigenvalue weighted by Gasteiger charge is 2.14. The van der Waals surface area contributed by atoms with Crippen LogP contribution in [0, 0.1) is 0 Å². The van der Waals surface area contributed by atoms with Crippen molar-refractivity contribution < 1.29 is 4.79 Å². The van der Waals surface area contributed by atoms with E-state index in [1.54, 1.807) is 14.0 Å². The normalized spacial score (nSPS) is 12.2. The highest BCUT2D eigenvalue weighted by atomic mass is 32.1. The van der Waals surface area contributed by atoms with Crippen molar-refractivity contribution in [2.75, 3.05) is 17.8 Å². The smallest absolute Gasteiger partial charge is 0.241 e. The molecular weight excluding hydrogens is 252 g/mol. The van der Waals surface area contributed by atoms with Gasteiger partial charge < -0.3 is 10.6 Å². The average Bonchev–Trinajstić information content (AvgIpc) is 2.85. The molecule has 0 saturated carbocycles. The van der Waals surface area contributed by atoms with Gasteiger partial charge in [0, 0.05) is 7.05 Å². The maximum absolute atomic E-state index is 11.5. The molecule has 0 aliphatic heterocycles. The second-order valence-corrected chi connectivity index (χ2v) is 4.55. The van der Waals surface area contributed by atoms with Crippen molar-refractivity contribution in [3.05, 3.63) is 11.4 Å². The number of rotatable bonds is 4. The van der Waals surface area contributed by atoms with Gasteiger partial charge in [0.25, 0.3) is 0 Å². The molecule has 0 aliphatic carbocycles. The minimum absolute atomic E-state index is 0.112. The lowest BCUT2D eigenvalue weighted by Gasteiger charge is -2.14. The number of amides is 1. The fourth-order valence-electron chi connectivity index (χ4n) is 1.52. The summed E-state index contributed by atoms with van der Waals surface area (Å²) in [4.78, 5) is 20.7. The number of fused-ring (bicyclic) bond motifs is 1. The second kappa shape index (κ2) is 5.15. The number of hydrazine groups is 1. The highest BCUT2D eigenvalue weighted by molar-refractivity contribution is 7.16. The molecule has 1 unspecified atom stereocenters. The molecule has 0 saturated heterocycles. The molecule has 0 aliphatic rings. The number of carbonyl (C=O) groups excluding carboxylic acids is 1. The Morgan fingerprint density at radius 3 is 2.94 bits per heavy atom. The zero-order valence-electron chi connectivity index (χ0n) is 10.0. The van der Waals surface area contributed by atoms with Gasteiger partial charge in [-0.15, -0.1) is 11.3 Å². The number of nitrogen functional groups attached to an aromatic ring is 1. The summed E-state index contributed by atoms with van der Waals surface area (Å²) in [5, 5.41) is 8.40. The van der Waals surface area contributed by atoms with Crippen molar-refractivity contribution in [2.45, 2.75) is 13.0 Å². The van der Waals surface area contributed by atoms with Crippen LogP contribution in [0.25, 0.3) is 10.2 Å². The number of anilines is 2. The third-order valence-electron chi connectivity index (χ3n) is 2.45. The van der Waals surface area contributed by atoms with E-state index in [0.29, 0.717) is 11.8 Å². The summed E-state index contributed by atoms with van der Waals surface area (Å²) in [5.41, 5.74) is 2.41. The summed E-state index contributed by atoms with van der Waals surface area (Å²) in [7, 11) is 1.59. The summed E-state index contributed by atoms with van der Waals surface area (Å²) in [6, 6.07) is 1.51. The maximum Gasteiger partial charge on any atom is 0.241 e. The van der Waals surface area contributed by atoms with Crippen molar-refractivity contribution in [1.29, 1.82) is 0 Å². The fraction of sp³-hybridized carbons (Fsp3) is 0.300. The summed E-state index contributed by atoms with van der Waals surface area (Å²) >= 11 is 1.49. The molecule has 2 aromatic heterocycles. The number of likely N-dealkylation sites (N-methyl/N-ethyl adjacent to an activating group) is 1. The molecule has 0 spiro atoms. The van der Waals surface area contributed by atoms with Gasteiger partial charge >= 0.3 is 0 Å². The van der Waals surface area contributed by atoms with Crippen molar-refractivity contribution in [1.82, 2.24) is 15.3 Å². The third kappa shape index (κ3) is 2.34. The van der Waals surface area contributed by atoms with Crippen LogP contribution in [0.1, 0.15) is 6.92 Å². The first kappa shape index (κ1) is 12.5. The number of hydrogen-bond acceptors (Lipinski definition) is 7. The maximum atomic E-state index is 11.5. The Balaban J connectivity index is 2.36. The van der Waals surface area contributed by atoms with Gasteiger partial charge in [-0.25, -0.2) is 10.8 Å². The molecule has 2 heterocycles. The Morgan fingerprint density at radius 2 is 2.28 bits per heavy atom. The zero-order chi connectivity index (χ0) is 13.1. The van der Waals surface area contributed by atoms with E-state index in [4.69, 9.17) is 5.84 Å². The van der Waals surface area contributed by atoms with Crippen LogP contribution in [-0.2, 0) is 4.79 Å². The van der Waals surface area contributed by atoms with E-state index in [-0.39, 0.29) is 5.91 Å². The number of nitrogens with two attached hydrogens (primary N) is 1. The van der Waals surface area contributed by atoms with Crippen molar-refractivity contribution in [3.63, 3.8) is 0 Å². The minimum Gasteiger partial charge on any atom is -0.358 e. The lowest BCUT2D eigenvalue weighted by Crippen LogP contribution is -2.35. The molecular formula is C10H14N6OS. The lowest BCUT2D eigenvalue weighted by atomic mass is 10.3. The highest BCUT2D eigenvalue weighted by Crippen LogP contribution is 2.26. The second-order valence-electron chi connectivity index (χ2n) is 3.66. The van der Waals surface area contributed by atoms with Crippen molar-refractivity contribution in [2.24, 2.45) is 5.84 Å². The molecule has 1 atom stereocenters. The number of carbonyl (C=O) groups is 1. The predicted octanol–water partition coefficient (Wildman–Crippen LogP) is 0.523. The average molecular weight is 266 g/mol. The first-order valence-corrected chi connectivity index (χ1v) is 6.23. The molecule has 0 fully saturated rings. The van der Waals surface area contributed by atoms with Gasteiger partial charge in [-0.05, 0) is 18.4 Å². The lowest BCUT2D eigenvalue weighted by molar-refractivity contribution is -0.121. The fourth-order valence-corrected chi connectivity index (χ4v) is 2.28. The van der Waals surface area contributed by atoms with Crippen molar-refractivity contribution >= 4 is 39.2 Å². The van der Waals surface area contributed by atoms with E-state index in [1.807, 2.05) is 11.4 Å². The van der Waals surface area contributed by atoms with E-state index in [0.717, 1.165) is 10.2 Å². The van der Waals surface area contributed by atoms with Gasteiger partial charge in [0.1, 0.15) is 16.7 Å². The van der Waals surface area contributed by atoms with Crippen LogP contribution in [0.4, 0.5) is 11.8 Å². The van der Waals surface area contributed by atoms with Crippen LogP contribution < -0.4 is 21.9 Å². The quantitative estimate of drug-likeness (QED) is 0.475. The van der Waals surface area contributed by atoms with E-state index in [9.17, 15) is 4.79 Å². The Hall–Kier alpha value is -1.93. The Labute approximate surface area is 108 Å². The first-order chi connectivity index (χ1) is 8.65. The van der Waals surface area contributed by atoms with Gasteiger partial charge in [-0.1, -0.05) is 0 Å². The van der Waals surface area contributed by atoms with E-state index >= 15 is 0 Å². The zero-order valence-corrected chi connectivity index (χ0v) is 10.8. The van der Waals surface area contributed by atoms with Crippen LogP contribution >= 0.6 is 11.3 Å². The van der Waals surface area contributed by atoms with Crippen LogP contribution in [-0.4, -0.2) is 29.0 Å². The molecule has 8 heteroatoms. The van der Waals surface area contributed by atoms with Crippen LogP contribution in [0.15, 0.2) is 11.4 Å². The van der Waals surface area contributed by atoms with E-state index < -0.39 is 6.04 Å². The predicted molar refractivity (Wildman–Crippen MR) is 72.4 cm³/mol. The molecule has 96 valence electrons. The standard InChI is InChI=1S/C10H14N6OS/c1-5(8(17)12-2)13-7-6-3-4-18-9(6)15-10(14-7)16-11/h3-5H,11H2,1-2H3,(H,12,17)(H2,13,14,15,16). The molecule has 0 aromatic carbocycles. The van der Waals surface area contributed by atoms with Gasteiger partial charge in [-0.3, -0.25) is 10.2 Å². The molecule has 18 heavy (non-hydrogen) atoms. The number of thiophene rings is 1. The van der Waals surface area contributed by atoms with Gasteiger partial charge in [0.05, 0.1) is 5.39 Å². The summed E-state index contributed by atoms with van der Waals surface area (Å²) in [6.45, 7) is 1.76. The monoisotopic (exact) mass is 266 g/mol. The number of nitrogens with one attached hydrogen (secondary N) is 3. The molecule has 0 radical (unpaired) electrons. The van der Waals surface area contributed by atoms with E-state index in [1.165, 1.54) is 11.3 Å². The topological polar surface area (TPSA) is 105 Å². The number of aromatic nitrogens is 2. The van der Waals surface area contributed by atoms with Crippen LogP contribution in [0.5, 0.6) is 0 Å². The molecule has 1 amide bonds. The SMILES string of the molecule is CNC(=O)C(C)Nc1nc(NN)nc2sccc12. The Bertz CT molecular complexity index is 568. The molecule has 7 nitrogen and oxygen atoms in total. The van der Waals surface area contributed by atoms with Gasteiger partial charge in [0.2, 0.25) is 11.9 Å². The first-order valence-electron chi connectivity index (χ1n) is 5.35. The van der Waals surface area contributed by atoms with Crippen molar-refractivity contribution in [3.8, 4) is 0 Å². The molecule has 2 rings (SSSR count). The third-order valence-corrected chi connectivity index (χ3v) is 3.25. The summed E-state index contributed by atoms with van der Waals surface area (Å²) < 4.78 is 0.